The molecule has 0 radical (unpaired) electrons. The second kappa shape index (κ2) is 8.58. The van der Waals surface area contributed by atoms with Crippen LogP contribution in [-0.2, 0) is 13.9 Å². The minimum absolute atomic E-state index is 0.0275. The molecule has 0 aliphatic carbocycles. The Labute approximate surface area is 146 Å². The molecule has 2 aromatic rings. The average Bonchev–Trinajstić information content (AvgIpc) is 2.59. The summed E-state index contributed by atoms with van der Waals surface area (Å²) in [5.41, 5.74) is 0. The Morgan fingerprint density at radius 3 is 1.71 bits per heavy atom. The van der Waals surface area contributed by atoms with E-state index in [0.29, 0.717) is 13.2 Å². The summed E-state index contributed by atoms with van der Waals surface area (Å²) < 4.78 is 17.3. The smallest absolute Gasteiger partial charge is 0.264 e. The fourth-order valence-corrected chi connectivity index (χ4v) is 7.51. The molecule has 0 bridgehead atoms. The molecule has 2 aromatic carbocycles. The first-order valence-electron chi connectivity index (χ1n) is 8.34. The van der Waals surface area contributed by atoms with Crippen LogP contribution >= 0.6 is 0 Å². The largest absolute Gasteiger partial charge is 0.385 e. The van der Waals surface area contributed by atoms with Gasteiger partial charge in [-0.25, -0.2) is 0 Å². The molecule has 0 N–H and O–H groups in total. The lowest BCUT2D eigenvalue weighted by Crippen LogP contribution is -2.66. The summed E-state index contributed by atoms with van der Waals surface area (Å²) in [7, 11) is -0.802. The Kier molecular flexibility index (Phi) is 6.75. The Morgan fingerprint density at radius 1 is 0.792 bits per heavy atom. The van der Waals surface area contributed by atoms with Gasteiger partial charge in [0.25, 0.3) is 8.32 Å². The molecule has 0 aliphatic heterocycles. The van der Waals surface area contributed by atoms with Crippen LogP contribution in [0.5, 0.6) is 0 Å². The molecule has 0 atom stereocenters. The number of methoxy groups -OCH3 is 1. The van der Waals surface area contributed by atoms with Crippen molar-refractivity contribution in [3.63, 3.8) is 0 Å². The highest BCUT2D eigenvalue weighted by atomic mass is 28.4. The van der Waals surface area contributed by atoms with Gasteiger partial charge in [0, 0.05) is 7.11 Å². The Balaban J connectivity index is 2.42. The van der Waals surface area contributed by atoms with E-state index in [1.54, 1.807) is 7.11 Å². The quantitative estimate of drug-likeness (QED) is 0.418. The standard InChI is InChI=1S/C20H28O3Si/c1-20(2,3)24(18-11-7-5-8-12-18,19-13-9-6-10-14-19)23-17-22-16-15-21-4/h5-14H,15-17H2,1-4H3. The van der Waals surface area contributed by atoms with Crippen LogP contribution in [0.2, 0.25) is 5.04 Å². The van der Waals surface area contributed by atoms with Gasteiger partial charge in [-0.15, -0.1) is 0 Å². The first kappa shape index (κ1) is 18.9. The molecule has 0 spiro atoms. The van der Waals surface area contributed by atoms with Crippen LogP contribution in [0.4, 0.5) is 0 Å². The minimum Gasteiger partial charge on any atom is -0.385 e. The zero-order valence-corrected chi connectivity index (χ0v) is 16.1. The van der Waals surface area contributed by atoms with Gasteiger partial charge in [-0.05, 0) is 15.4 Å². The van der Waals surface area contributed by atoms with Crippen molar-refractivity contribution in [3.8, 4) is 0 Å². The third kappa shape index (κ3) is 4.14. The van der Waals surface area contributed by atoms with E-state index >= 15 is 0 Å². The number of ether oxygens (including phenoxy) is 2. The molecule has 0 aliphatic rings. The van der Waals surface area contributed by atoms with Gasteiger partial charge in [-0.3, -0.25) is 0 Å². The van der Waals surface area contributed by atoms with E-state index in [-0.39, 0.29) is 11.8 Å². The average molecular weight is 345 g/mol. The van der Waals surface area contributed by atoms with E-state index in [0.717, 1.165) is 0 Å². The maximum atomic E-state index is 6.57. The van der Waals surface area contributed by atoms with E-state index in [4.69, 9.17) is 13.9 Å². The molecule has 0 saturated carbocycles. The first-order valence-corrected chi connectivity index (χ1v) is 10.2. The van der Waals surface area contributed by atoms with Gasteiger partial charge in [0.2, 0.25) is 0 Å². The lowest BCUT2D eigenvalue weighted by atomic mass is 10.2. The number of rotatable bonds is 8. The molecule has 0 saturated heterocycles. The normalized spacial score (nSPS) is 12.3. The van der Waals surface area contributed by atoms with Crippen molar-refractivity contribution >= 4 is 18.7 Å². The van der Waals surface area contributed by atoms with Crippen molar-refractivity contribution in [3.05, 3.63) is 60.7 Å². The van der Waals surface area contributed by atoms with Crippen LogP contribution in [0, 0.1) is 0 Å². The summed E-state index contributed by atoms with van der Waals surface area (Å²) in [6, 6.07) is 21.2. The molecule has 0 heterocycles. The van der Waals surface area contributed by atoms with Gasteiger partial charge >= 0.3 is 0 Å². The molecule has 3 nitrogen and oxygen atoms in total. The minimum atomic E-state index is -2.48. The zero-order valence-electron chi connectivity index (χ0n) is 15.1. The Morgan fingerprint density at radius 2 is 1.29 bits per heavy atom. The summed E-state index contributed by atoms with van der Waals surface area (Å²) >= 11 is 0. The Bertz CT molecular complexity index is 554. The van der Waals surface area contributed by atoms with E-state index in [9.17, 15) is 0 Å². The Hall–Kier alpha value is -1.46. The second-order valence-electron chi connectivity index (χ2n) is 6.83. The van der Waals surface area contributed by atoms with Gasteiger partial charge in [0.05, 0.1) is 13.2 Å². The van der Waals surface area contributed by atoms with Crippen molar-refractivity contribution < 1.29 is 13.9 Å². The van der Waals surface area contributed by atoms with Crippen molar-refractivity contribution in [2.24, 2.45) is 0 Å². The highest BCUT2D eigenvalue weighted by Crippen LogP contribution is 2.36. The van der Waals surface area contributed by atoms with Crippen LogP contribution < -0.4 is 10.4 Å². The van der Waals surface area contributed by atoms with Gasteiger partial charge in [-0.2, -0.15) is 0 Å². The van der Waals surface area contributed by atoms with Crippen LogP contribution in [0.1, 0.15) is 20.8 Å². The van der Waals surface area contributed by atoms with Crippen molar-refractivity contribution in [2.45, 2.75) is 25.8 Å². The van der Waals surface area contributed by atoms with Crippen LogP contribution in [0.15, 0.2) is 60.7 Å². The predicted octanol–water partition coefficient (Wildman–Crippen LogP) is 3.18. The summed E-state index contributed by atoms with van der Waals surface area (Å²) in [5.74, 6) is 0. The van der Waals surface area contributed by atoms with Gasteiger partial charge in [0.15, 0.2) is 0 Å². The lowest BCUT2D eigenvalue weighted by molar-refractivity contribution is -0.0133. The van der Waals surface area contributed by atoms with E-state index < -0.39 is 8.32 Å². The molecule has 24 heavy (non-hydrogen) atoms. The molecule has 2 rings (SSSR count). The zero-order chi connectivity index (χ0) is 17.5. The van der Waals surface area contributed by atoms with Gasteiger partial charge in [-0.1, -0.05) is 81.4 Å². The van der Waals surface area contributed by atoms with Crippen molar-refractivity contribution in [1.29, 1.82) is 0 Å². The molecular formula is C20H28O3Si. The molecule has 130 valence electrons. The number of hydrogen-bond donors (Lipinski definition) is 0. The van der Waals surface area contributed by atoms with E-state index in [1.807, 2.05) is 12.1 Å². The lowest BCUT2D eigenvalue weighted by Gasteiger charge is -2.42. The maximum absolute atomic E-state index is 6.57. The molecule has 0 fully saturated rings. The fraction of sp³-hybridized carbons (Fsp3) is 0.400. The summed E-state index contributed by atoms with van der Waals surface area (Å²) in [5, 5.41) is 2.50. The summed E-state index contributed by atoms with van der Waals surface area (Å²) in [6.45, 7) is 8.16. The number of benzene rings is 2. The molecule has 4 heteroatoms. The van der Waals surface area contributed by atoms with Crippen molar-refractivity contribution in [1.82, 2.24) is 0 Å². The predicted molar refractivity (Wildman–Crippen MR) is 101 cm³/mol. The van der Waals surface area contributed by atoms with Crippen LogP contribution in [0.25, 0.3) is 0 Å². The fourth-order valence-electron chi connectivity index (χ4n) is 3.09. The highest BCUT2D eigenvalue weighted by Gasteiger charge is 2.50. The summed E-state index contributed by atoms with van der Waals surface area (Å²) in [6.07, 6.45) is 0. The summed E-state index contributed by atoms with van der Waals surface area (Å²) in [4.78, 5) is 0. The molecule has 0 unspecified atom stereocenters. The van der Waals surface area contributed by atoms with E-state index in [2.05, 4.69) is 69.3 Å². The van der Waals surface area contributed by atoms with Gasteiger partial charge < -0.3 is 13.9 Å². The SMILES string of the molecule is COCCOCO[Si](c1ccccc1)(c1ccccc1)C(C)(C)C. The molecule has 0 aromatic heterocycles. The van der Waals surface area contributed by atoms with Crippen molar-refractivity contribution in [2.75, 3.05) is 27.1 Å². The third-order valence-corrected chi connectivity index (χ3v) is 9.16. The molecular weight excluding hydrogens is 316 g/mol. The van der Waals surface area contributed by atoms with E-state index in [1.165, 1.54) is 10.4 Å². The third-order valence-electron chi connectivity index (χ3n) is 4.21. The molecule has 0 amide bonds. The topological polar surface area (TPSA) is 27.7 Å². The highest BCUT2D eigenvalue weighted by molar-refractivity contribution is 6.99. The second-order valence-corrected chi connectivity index (χ2v) is 11.1. The van der Waals surface area contributed by atoms with Gasteiger partial charge in [0.1, 0.15) is 6.79 Å². The maximum Gasteiger partial charge on any atom is 0.264 e. The monoisotopic (exact) mass is 344 g/mol. The van der Waals surface area contributed by atoms with Crippen LogP contribution in [0.3, 0.4) is 0 Å². The van der Waals surface area contributed by atoms with Crippen LogP contribution in [-0.4, -0.2) is 35.4 Å². The number of hydrogen-bond acceptors (Lipinski definition) is 3. The first-order chi connectivity index (χ1) is 11.5.